The summed E-state index contributed by atoms with van der Waals surface area (Å²) in [4.78, 5) is 4.79. The van der Waals surface area contributed by atoms with Crippen molar-refractivity contribution in [2.75, 3.05) is 0 Å². The first-order valence-corrected chi connectivity index (χ1v) is 6.94. The smallest absolute Gasteiger partial charge is 0.109 e. The lowest BCUT2D eigenvalue weighted by Crippen LogP contribution is -2.31. The molecule has 3 rings (SSSR count). The predicted octanol–water partition coefficient (Wildman–Crippen LogP) is 2.75. The molecule has 0 radical (unpaired) electrons. The molecular formula is C16H21N3. The first kappa shape index (κ1) is 12.4. The van der Waals surface area contributed by atoms with Gasteiger partial charge in [-0.25, -0.2) is 4.98 Å². The van der Waals surface area contributed by atoms with Crippen molar-refractivity contribution in [1.29, 1.82) is 0 Å². The van der Waals surface area contributed by atoms with E-state index in [0.29, 0.717) is 0 Å². The van der Waals surface area contributed by atoms with Crippen molar-refractivity contribution in [2.24, 2.45) is 5.73 Å². The number of fused-ring (bicyclic) bond motifs is 1. The van der Waals surface area contributed by atoms with E-state index in [1.807, 2.05) is 0 Å². The molecule has 1 atom stereocenters. The molecule has 3 heteroatoms. The van der Waals surface area contributed by atoms with E-state index in [9.17, 15) is 0 Å². The van der Waals surface area contributed by atoms with Crippen molar-refractivity contribution >= 4 is 0 Å². The normalized spacial score (nSPS) is 18.4. The van der Waals surface area contributed by atoms with Gasteiger partial charge in [0.2, 0.25) is 0 Å². The molecule has 0 fully saturated rings. The zero-order chi connectivity index (χ0) is 13.6. The molecule has 1 unspecified atom stereocenters. The Hall–Kier alpha value is -1.61. The topological polar surface area (TPSA) is 43.8 Å². The monoisotopic (exact) mass is 255 g/mol. The third kappa shape index (κ3) is 2.19. The zero-order valence-corrected chi connectivity index (χ0v) is 11.9. The molecule has 0 aliphatic carbocycles. The standard InChI is InChI=1S/C16H21N3/c1-10-6-12(3)14(7-11(10)2)15-9-19-8-13(17)4-5-16(19)18-15/h6-7,9,13H,4-5,8,17H2,1-3H3. The van der Waals surface area contributed by atoms with Gasteiger partial charge >= 0.3 is 0 Å². The molecule has 0 amide bonds. The van der Waals surface area contributed by atoms with Crippen LogP contribution in [-0.4, -0.2) is 15.6 Å². The maximum atomic E-state index is 6.02. The lowest BCUT2D eigenvalue weighted by atomic mass is 9.99. The van der Waals surface area contributed by atoms with E-state index in [-0.39, 0.29) is 6.04 Å². The summed E-state index contributed by atoms with van der Waals surface area (Å²) in [6.45, 7) is 7.37. The second-order valence-electron chi connectivity index (χ2n) is 5.74. The number of aromatic nitrogens is 2. The second-order valence-corrected chi connectivity index (χ2v) is 5.74. The van der Waals surface area contributed by atoms with Gasteiger partial charge in [0.15, 0.2) is 0 Å². The molecule has 2 N–H and O–H groups in total. The Morgan fingerprint density at radius 3 is 2.68 bits per heavy atom. The van der Waals surface area contributed by atoms with Crippen LogP contribution in [0.3, 0.4) is 0 Å². The molecule has 2 aromatic rings. The Kier molecular flexibility index (Phi) is 2.94. The number of rotatable bonds is 1. The summed E-state index contributed by atoms with van der Waals surface area (Å²) in [7, 11) is 0. The second kappa shape index (κ2) is 4.49. The molecule has 3 nitrogen and oxygen atoms in total. The highest BCUT2D eigenvalue weighted by Crippen LogP contribution is 2.27. The maximum Gasteiger partial charge on any atom is 0.109 e. The minimum atomic E-state index is 0.274. The van der Waals surface area contributed by atoms with Gasteiger partial charge in [-0.3, -0.25) is 0 Å². The van der Waals surface area contributed by atoms with E-state index in [0.717, 1.165) is 25.1 Å². The largest absolute Gasteiger partial charge is 0.333 e. The van der Waals surface area contributed by atoms with E-state index in [1.165, 1.54) is 28.1 Å². The van der Waals surface area contributed by atoms with Gasteiger partial charge in [-0.1, -0.05) is 6.07 Å². The summed E-state index contributed by atoms with van der Waals surface area (Å²) in [5.74, 6) is 1.18. The number of aryl methyl sites for hydroxylation is 4. The molecule has 100 valence electrons. The lowest BCUT2D eigenvalue weighted by Gasteiger charge is -2.19. The Morgan fingerprint density at radius 1 is 1.16 bits per heavy atom. The van der Waals surface area contributed by atoms with Gasteiger partial charge in [-0.2, -0.15) is 0 Å². The highest BCUT2D eigenvalue weighted by atomic mass is 15.1. The predicted molar refractivity (Wildman–Crippen MR) is 78.2 cm³/mol. The SMILES string of the molecule is Cc1cc(C)c(-c2cn3c(n2)CCC(N)C3)cc1C. The van der Waals surface area contributed by atoms with Gasteiger partial charge in [-0.05, 0) is 49.9 Å². The highest BCUT2D eigenvalue weighted by molar-refractivity contribution is 5.65. The molecule has 1 aliphatic heterocycles. The molecule has 0 bridgehead atoms. The van der Waals surface area contributed by atoms with Gasteiger partial charge in [0.05, 0.1) is 5.69 Å². The fourth-order valence-corrected chi connectivity index (χ4v) is 2.84. The van der Waals surface area contributed by atoms with E-state index in [4.69, 9.17) is 10.7 Å². The van der Waals surface area contributed by atoms with Crippen LogP contribution in [0.25, 0.3) is 11.3 Å². The molecule has 1 aliphatic rings. The average Bonchev–Trinajstić information content (AvgIpc) is 2.76. The van der Waals surface area contributed by atoms with Gasteiger partial charge < -0.3 is 10.3 Å². The van der Waals surface area contributed by atoms with Gasteiger partial charge in [-0.15, -0.1) is 0 Å². The lowest BCUT2D eigenvalue weighted by molar-refractivity contribution is 0.453. The van der Waals surface area contributed by atoms with Crippen LogP contribution in [0.1, 0.15) is 28.9 Å². The summed E-state index contributed by atoms with van der Waals surface area (Å²) in [6, 6.07) is 4.77. The number of imidazole rings is 1. The first-order chi connectivity index (χ1) is 9.04. The Morgan fingerprint density at radius 2 is 1.89 bits per heavy atom. The zero-order valence-electron chi connectivity index (χ0n) is 11.9. The van der Waals surface area contributed by atoms with Crippen molar-refractivity contribution in [3.63, 3.8) is 0 Å². The number of nitrogens with zero attached hydrogens (tertiary/aromatic N) is 2. The van der Waals surface area contributed by atoms with Crippen LogP contribution in [0.5, 0.6) is 0 Å². The van der Waals surface area contributed by atoms with Crippen LogP contribution >= 0.6 is 0 Å². The maximum absolute atomic E-state index is 6.02. The quantitative estimate of drug-likeness (QED) is 0.851. The van der Waals surface area contributed by atoms with E-state index in [2.05, 4.69) is 43.7 Å². The van der Waals surface area contributed by atoms with Gasteiger partial charge in [0, 0.05) is 30.8 Å². The Balaban J connectivity index is 2.06. The molecule has 0 spiro atoms. The van der Waals surface area contributed by atoms with Crippen LogP contribution in [0.15, 0.2) is 18.3 Å². The van der Waals surface area contributed by atoms with Crippen LogP contribution in [0.2, 0.25) is 0 Å². The summed E-state index contributed by atoms with van der Waals surface area (Å²) in [6.07, 6.45) is 4.19. The van der Waals surface area contributed by atoms with Crippen LogP contribution in [0, 0.1) is 20.8 Å². The van der Waals surface area contributed by atoms with Crippen molar-refractivity contribution in [3.8, 4) is 11.3 Å². The van der Waals surface area contributed by atoms with E-state index < -0.39 is 0 Å². The summed E-state index contributed by atoms with van der Waals surface area (Å²) in [5, 5.41) is 0. The summed E-state index contributed by atoms with van der Waals surface area (Å²) < 4.78 is 2.22. The average molecular weight is 255 g/mol. The number of benzene rings is 1. The minimum Gasteiger partial charge on any atom is -0.333 e. The van der Waals surface area contributed by atoms with Gasteiger partial charge in [0.25, 0.3) is 0 Å². The third-order valence-corrected chi connectivity index (χ3v) is 4.15. The summed E-state index contributed by atoms with van der Waals surface area (Å²) >= 11 is 0. The molecule has 1 aromatic carbocycles. The third-order valence-electron chi connectivity index (χ3n) is 4.15. The van der Waals surface area contributed by atoms with Crippen LogP contribution < -0.4 is 5.73 Å². The number of hydrogen-bond donors (Lipinski definition) is 1. The van der Waals surface area contributed by atoms with Crippen molar-refractivity contribution in [1.82, 2.24) is 9.55 Å². The molecule has 2 heterocycles. The molecule has 0 saturated carbocycles. The van der Waals surface area contributed by atoms with Crippen molar-refractivity contribution in [2.45, 2.75) is 46.2 Å². The summed E-state index contributed by atoms with van der Waals surface area (Å²) in [5.41, 5.74) is 12.3. The molecular weight excluding hydrogens is 234 g/mol. The van der Waals surface area contributed by atoms with Crippen molar-refractivity contribution < 1.29 is 0 Å². The minimum absolute atomic E-state index is 0.274. The highest BCUT2D eigenvalue weighted by Gasteiger charge is 2.18. The van der Waals surface area contributed by atoms with Crippen LogP contribution in [-0.2, 0) is 13.0 Å². The van der Waals surface area contributed by atoms with Gasteiger partial charge in [0.1, 0.15) is 5.82 Å². The fourth-order valence-electron chi connectivity index (χ4n) is 2.84. The fraction of sp³-hybridized carbons (Fsp3) is 0.438. The Bertz CT molecular complexity index is 625. The molecule has 1 aromatic heterocycles. The van der Waals surface area contributed by atoms with E-state index in [1.54, 1.807) is 0 Å². The molecule has 0 saturated heterocycles. The molecule has 19 heavy (non-hydrogen) atoms. The van der Waals surface area contributed by atoms with Crippen LogP contribution in [0.4, 0.5) is 0 Å². The first-order valence-electron chi connectivity index (χ1n) is 6.94. The number of hydrogen-bond acceptors (Lipinski definition) is 2. The van der Waals surface area contributed by atoms with Crippen molar-refractivity contribution in [3.05, 3.63) is 40.8 Å². The number of nitrogens with two attached hydrogens (primary N) is 1. The Labute approximate surface area is 114 Å². The van der Waals surface area contributed by atoms with E-state index >= 15 is 0 Å².